The largest absolute Gasteiger partial charge is 0.338 e. The van der Waals surface area contributed by atoms with Crippen molar-refractivity contribution >= 4 is 5.91 Å². The van der Waals surface area contributed by atoms with Crippen molar-refractivity contribution in [3.63, 3.8) is 0 Å². The lowest BCUT2D eigenvalue weighted by Crippen LogP contribution is -2.49. The molecule has 0 spiro atoms. The molecular weight excluding hydrogens is 368 g/mol. The number of amides is 1. The van der Waals surface area contributed by atoms with Gasteiger partial charge in [-0.15, -0.1) is 5.10 Å². The topological polar surface area (TPSA) is 85.9 Å². The number of likely N-dealkylation sites (tertiary alicyclic amines) is 1. The summed E-state index contributed by atoms with van der Waals surface area (Å²) in [6, 6.07) is 9.27. The Morgan fingerprint density at radius 2 is 1.97 bits per heavy atom. The number of benzene rings is 1. The van der Waals surface area contributed by atoms with Crippen LogP contribution in [0.4, 0.5) is 0 Å². The normalized spacial score (nSPS) is 20.4. The van der Waals surface area contributed by atoms with Crippen molar-refractivity contribution in [2.45, 2.75) is 32.7 Å². The number of fused-ring (bicyclic) bond motifs is 4. The highest BCUT2D eigenvalue weighted by Crippen LogP contribution is 2.36. The van der Waals surface area contributed by atoms with E-state index in [2.05, 4.69) is 15.5 Å². The third-order valence-corrected chi connectivity index (χ3v) is 6.28. The van der Waals surface area contributed by atoms with Gasteiger partial charge in [-0.05, 0) is 59.9 Å². The Morgan fingerprint density at radius 1 is 1.10 bits per heavy atom. The molecular formula is C21H22N6O2. The van der Waals surface area contributed by atoms with Gasteiger partial charge in [-0.3, -0.25) is 9.59 Å². The lowest BCUT2D eigenvalue weighted by Gasteiger charge is -2.43. The molecule has 148 valence electrons. The fourth-order valence-corrected chi connectivity index (χ4v) is 4.77. The van der Waals surface area contributed by atoms with E-state index < -0.39 is 0 Å². The van der Waals surface area contributed by atoms with Crippen molar-refractivity contribution in [3.05, 3.63) is 69.4 Å². The number of hydrogen-bond donors (Lipinski definition) is 0. The predicted octanol–water partition coefficient (Wildman–Crippen LogP) is 1.70. The molecule has 0 radical (unpaired) electrons. The number of pyridine rings is 1. The van der Waals surface area contributed by atoms with E-state index in [0.717, 1.165) is 28.9 Å². The smallest absolute Gasteiger partial charge is 0.256 e. The summed E-state index contributed by atoms with van der Waals surface area (Å²) in [7, 11) is 0. The number of carbonyl (C=O) groups is 1. The summed E-state index contributed by atoms with van der Waals surface area (Å²) < 4.78 is 3.44. The molecule has 0 saturated carbocycles. The minimum atomic E-state index is -0.0139. The van der Waals surface area contributed by atoms with Crippen molar-refractivity contribution in [2.75, 3.05) is 13.1 Å². The van der Waals surface area contributed by atoms with Crippen LogP contribution in [0.15, 0.2) is 41.5 Å². The summed E-state index contributed by atoms with van der Waals surface area (Å²) in [5.41, 5.74) is 4.48. The zero-order valence-electron chi connectivity index (χ0n) is 16.4. The summed E-state index contributed by atoms with van der Waals surface area (Å²) in [6.45, 7) is 5.93. The van der Waals surface area contributed by atoms with Gasteiger partial charge in [-0.25, -0.2) is 0 Å². The number of aryl methyl sites for hydroxylation is 1. The molecule has 0 N–H and O–H groups in total. The van der Waals surface area contributed by atoms with Gasteiger partial charge in [-0.2, -0.15) is 4.68 Å². The van der Waals surface area contributed by atoms with Gasteiger partial charge < -0.3 is 9.47 Å². The van der Waals surface area contributed by atoms with Crippen LogP contribution in [0.2, 0.25) is 0 Å². The molecule has 1 saturated heterocycles. The molecule has 1 aromatic carbocycles. The molecule has 29 heavy (non-hydrogen) atoms. The zero-order valence-corrected chi connectivity index (χ0v) is 16.4. The highest BCUT2D eigenvalue weighted by Gasteiger charge is 2.37. The molecule has 1 amide bonds. The van der Waals surface area contributed by atoms with E-state index in [-0.39, 0.29) is 23.3 Å². The number of aromatic nitrogens is 5. The second kappa shape index (κ2) is 6.65. The molecule has 5 rings (SSSR count). The van der Waals surface area contributed by atoms with Crippen molar-refractivity contribution in [1.82, 2.24) is 29.7 Å². The maximum Gasteiger partial charge on any atom is 0.256 e. The Bertz CT molecular complexity index is 1150. The number of piperidine rings is 1. The Balaban J connectivity index is 1.52. The van der Waals surface area contributed by atoms with Crippen LogP contribution in [0.3, 0.4) is 0 Å². The average molecular weight is 390 g/mol. The van der Waals surface area contributed by atoms with Crippen LogP contribution in [0, 0.1) is 19.8 Å². The van der Waals surface area contributed by atoms with Gasteiger partial charge in [0.1, 0.15) is 6.33 Å². The first-order valence-corrected chi connectivity index (χ1v) is 9.85. The van der Waals surface area contributed by atoms with Gasteiger partial charge in [0.05, 0.1) is 11.3 Å². The van der Waals surface area contributed by atoms with E-state index in [9.17, 15) is 9.59 Å². The third-order valence-electron chi connectivity index (χ3n) is 6.28. The number of nitrogens with zero attached hydrogens (tertiary/aromatic N) is 6. The average Bonchev–Trinajstić information content (AvgIpc) is 3.24. The second-order valence-corrected chi connectivity index (χ2v) is 8.07. The van der Waals surface area contributed by atoms with Crippen LogP contribution < -0.4 is 5.56 Å². The Kier molecular flexibility index (Phi) is 4.08. The van der Waals surface area contributed by atoms with Gasteiger partial charge in [-0.1, -0.05) is 12.1 Å². The van der Waals surface area contributed by atoms with Crippen LogP contribution in [-0.2, 0) is 6.54 Å². The van der Waals surface area contributed by atoms with E-state index in [1.807, 2.05) is 47.6 Å². The van der Waals surface area contributed by atoms with E-state index in [1.165, 1.54) is 6.33 Å². The predicted molar refractivity (Wildman–Crippen MR) is 106 cm³/mol. The molecule has 2 atom stereocenters. The van der Waals surface area contributed by atoms with Gasteiger partial charge in [0.2, 0.25) is 0 Å². The van der Waals surface area contributed by atoms with Crippen LogP contribution in [0.25, 0.3) is 5.69 Å². The van der Waals surface area contributed by atoms with Crippen molar-refractivity contribution < 1.29 is 4.79 Å². The minimum absolute atomic E-state index is 0.0139. The van der Waals surface area contributed by atoms with Crippen LogP contribution in [-0.4, -0.2) is 48.7 Å². The summed E-state index contributed by atoms with van der Waals surface area (Å²) in [4.78, 5) is 27.7. The Morgan fingerprint density at radius 3 is 2.76 bits per heavy atom. The monoisotopic (exact) mass is 390 g/mol. The van der Waals surface area contributed by atoms with Crippen molar-refractivity contribution in [2.24, 2.45) is 5.92 Å². The number of rotatable bonds is 2. The summed E-state index contributed by atoms with van der Waals surface area (Å²) in [5.74, 6) is 0.455. The molecule has 8 heteroatoms. The first kappa shape index (κ1) is 17.8. The lowest BCUT2D eigenvalue weighted by molar-refractivity contribution is 0.0594. The molecule has 2 aromatic heterocycles. The summed E-state index contributed by atoms with van der Waals surface area (Å²) in [5, 5.41) is 11.5. The molecule has 0 aliphatic carbocycles. The Hall–Kier alpha value is -3.29. The highest BCUT2D eigenvalue weighted by molar-refractivity contribution is 5.98. The van der Waals surface area contributed by atoms with Gasteiger partial charge >= 0.3 is 0 Å². The van der Waals surface area contributed by atoms with E-state index >= 15 is 0 Å². The first-order chi connectivity index (χ1) is 14.0. The quantitative estimate of drug-likeness (QED) is 0.665. The van der Waals surface area contributed by atoms with E-state index in [0.29, 0.717) is 25.2 Å². The SMILES string of the molecule is Cc1ccc(C(=O)N2C[C@@H]3C[C@H](C2)c2cccc(=O)n2C3)c(-n2cnnn2)c1C. The van der Waals surface area contributed by atoms with Crippen LogP contribution in [0.5, 0.6) is 0 Å². The summed E-state index contributed by atoms with van der Waals surface area (Å²) in [6.07, 6.45) is 2.53. The molecule has 2 aliphatic rings. The van der Waals surface area contributed by atoms with Crippen LogP contribution in [0.1, 0.15) is 39.5 Å². The number of tetrazole rings is 1. The minimum Gasteiger partial charge on any atom is -0.338 e. The Labute approximate surface area is 167 Å². The number of carbonyl (C=O) groups excluding carboxylic acids is 1. The third kappa shape index (κ3) is 2.86. The molecule has 4 heterocycles. The first-order valence-electron chi connectivity index (χ1n) is 9.85. The fraction of sp³-hybridized carbons (Fsp3) is 0.381. The molecule has 3 aromatic rings. The molecule has 2 aliphatic heterocycles. The highest BCUT2D eigenvalue weighted by atomic mass is 16.2. The molecule has 0 unspecified atom stereocenters. The zero-order chi connectivity index (χ0) is 20.1. The molecule has 2 bridgehead atoms. The van der Waals surface area contributed by atoms with Crippen LogP contribution >= 0.6 is 0 Å². The maximum atomic E-state index is 13.6. The number of hydrogen-bond acceptors (Lipinski definition) is 5. The molecule has 1 fully saturated rings. The summed E-state index contributed by atoms with van der Waals surface area (Å²) >= 11 is 0. The fourth-order valence-electron chi connectivity index (χ4n) is 4.77. The second-order valence-electron chi connectivity index (χ2n) is 8.07. The lowest BCUT2D eigenvalue weighted by atomic mass is 9.83. The van der Waals surface area contributed by atoms with Gasteiger partial charge in [0.25, 0.3) is 11.5 Å². The van der Waals surface area contributed by atoms with E-state index in [4.69, 9.17) is 0 Å². The standard InChI is InChI=1S/C21H22N6O2/c1-13-6-7-17(20(14(13)2)27-12-22-23-24-27)21(29)25-9-15-8-16(11-25)18-4-3-5-19(28)26(18)10-15/h3-7,12,15-16H,8-11H2,1-2H3/t15-,16+/m0/s1. The van der Waals surface area contributed by atoms with E-state index in [1.54, 1.807) is 10.7 Å². The van der Waals surface area contributed by atoms with Gasteiger partial charge in [0.15, 0.2) is 0 Å². The molecule has 8 nitrogen and oxygen atoms in total. The van der Waals surface area contributed by atoms with Crippen molar-refractivity contribution in [1.29, 1.82) is 0 Å². The van der Waals surface area contributed by atoms with Crippen molar-refractivity contribution in [3.8, 4) is 5.69 Å². The maximum absolute atomic E-state index is 13.6. The van der Waals surface area contributed by atoms with Gasteiger partial charge in [0, 0.05) is 37.3 Å².